The molecule has 7 heteroatoms. The molecule has 116 valence electrons. The number of rotatable bonds is 8. The van der Waals surface area contributed by atoms with Gasteiger partial charge in [0.1, 0.15) is 17.9 Å². The Kier molecular flexibility index (Phi) is 6.10. The maximum atomic E-state index is 11.9. The molecule has 0 aliphatic heterocycles. The van der Waals surface area contributed by atoms with Crippen LogP contribution in [0.4, 0.5) is 5.69 Å². The number of nitro benzene ring substituents is 1. The van der Waals surface area contributed by atoms with Gasteiger partial charge in [-0.2, -0.15) is 0 Å². The number of ether oxygens (including phenoxy) is 2. The van der Waals surface area contributed by atoms with E-state index in [-0.39, 0.29) is 12.3 Å². The van der Waals surface area contributed by atoms with E-state index < -0.39 is 16.4 Å². The smallest absolute Gasteiger partial charge is 0.329 e. The molecular formula is C14H20N2O5. The van der Waals surface area contributed by atoms with Crippen molar-refractivity contribution in [1.29, 1.82) is 0 Å². The van der Waals surface area contributed by atoms with Gasteiger partial charge in [-0.25, -0.2) is 4.79 Å². The van der Waals surface area contributed by atoms with Crippen molar-refractivity contribution < 1.29 is 19.2 Å². The molecular weight excluding hydrogens is 276 g/mol. The fraction of sp³-hybridized carbons (Fsp3) is 0.500. The molecule has 0 aliphatic carbocycles. The van der Waals surface area contributed by atoms with E-state index in [4.69, 9.17) is 9.47 Å². The molecule has 7 nitrogen and oxygen atoms in total. The van der Waals surface area contributed by atoms with E-state index in [1.165, 1.54) is 31.4 Å². The minimum atomic E-state index is -0.966. The average molecular weight is 296 g/mol. The third-order valence-corrected chi connectivity index (χ3v) is 2.98. The molecule has 0 aromatic heterocycles. The number of nitrogens with one attached hydrogen (secondary N) is 1. The van der Waals surface area contributed by atoms with Crippen molar-refractivity contribution >= 4 is 11.7 Å². The summed E-state index contributed by atoms with van der Waals surface area (Å²) in [5, 5.41) is 13.7. The molecule has 0 saturated carbocycles. The Hall–Kier alpha value is -2.15. The van der Waals surface area contributed by atoms with E-state index in [0.717, 1.165) is 6.42 Å². The molecule has 1 aromatic carbocycles. The van der Waals surface area contributed by atoms with Gasteiger partial charge in [-0.05, 0) is 32.0 Å². The average Bonchev–Trinajstić information content (AvgIpc) is 2.50. The molecule has 0 fully saturated rings. The number of esters is 1. The second-order valence-electron chi connectivity index (χ2n) is 4.79. The van der Waals surface area contributed by atoms with Crippen LogP contribution in [0.3, 0.4) is 0 Å². The van der Waals surface area contributed by atoms with Gasteiger partial charge < -0.3 is 9.47 Å². The highest BCUT2D eigenvalue weighted by Crippen LogP contribution is 2.19. The number of non-ortho nitro benzene ring substituents is 1. The number of benzene rings is 1. The van der Waals surface area contributed by atoms with Gasteiger partial charge in [0.15, 0.2) is 0 Å². The van der Waals surface area contributed by atoms with Crippen LogP contribution >= 0.6 is 0 Å². The number of hydrogen-bond donors (Lipinski definition) is 1. The number of nitro groups is 1. The first-order valence-electron chi connectivity index (χ1n) is 6.63. The molecule has 0 heterocycles. The van der Waals surface area contributed by atoms with Crippen molar-refractivity contribution in [2.45, 2.75) is 25.8 Å². The summed E-state index contributed by atoms with van der Waals surface area (Å²) in [4.78, 5) is 21.9. The van der Waals surface area contributed by atoms with E-state index >= 15 is 0 Å². The largest absolute Gasteiger partial charge is 0.491 e. The quantitative estimate of drug-likeness (QED) is 0.447. The lowest BCUT2D eigenvalue weighted by Gasteiger charge is -2.27. The Morgan fingerprint density at radius 1 is 1.38 bits per heavy atom. The van der Waals surface area contributed by atoms with E-state index in [2.05, 4.69) is 5.32 Å². The molecule has 1 rings (SSSR count). The Balaban J connectivity index is 2.72. The first kappa shape index (κ1) is 16.9. The molecule has 0 amide bonds. The molecule has 1 N–H and O–H groups in total. The van der Waals surface area contributed by atoms with E-state index in [9.17, 15) is 14.9 Å². The van der Waals surface area contributed by atoms with Gasteiger partial charge in [-0.15, -0.1) is 0 Å². The van der Waals surface area contributed by atoms with Gasteiger partial charge in [0.05, 0.1) is 12.0 Å². The molecule has 1 unspecified atom stereocenters. The highest BCUT2D eigenvalue weighted by Gasteiger charge is 2.34. The van der Waals surface area contributed by atoms with Crippen LogP contribution in [0.2, 0.25) is 0 Å². The van der Waals surface area contributed by atoms with Crippen LogP contribution in [0, 0.1) is 10.1 Å². The highest BCUT2D eigenvalue weighted by molar-refractivity contribution is 5.80. The summed E-state index contributed by atoms with van der Waals surface area (Å²) in [6, 6.07) is 5.69. The van der Waals surface area contributed by atoms with Gasteiger partial charge in [-0.1, -0.05) is 6.92 Å². The third-order valence-electron chi connectivity index (χ3n) is 2.98. The van der Waals surface area contributed by atoms with Crippen LogP contribution in [0.1, 0.15) is 20.3 Å². The third kappa shape index (κ3) is 4.71. The zero-order valence-electron chi connectivity index (χ0n) is 12.4. The lowest BCUT2D eigenvalue weighted by Crippen LogP contribution is -2.54. The molecule has 0 radical (unpaired) electrons. The Morgan fingerprint density at radius 2 is 2.00 bits per heavy atom. The van der Waals surface area contributed by atoms with Crippen molar-refractivity contribution in [2.24, 2.45) is 0 Å². The van der Waals surface area contributed by atoms with Crippen LogP contribution in [-0.2, 0) is 9.53 Å². The van der Waals surface area contributed by atoms with Crippen molar-refractivity contribution in [1.82, 2.24) is 5.32 Å². The van der Waals surface area contributed by atoms with E-state index in [1.807, 2.05) is 6.92 Å². The Labute approximate surface area is 123 Å². The van der Waals surface area contributed by atoms with Crippen LogP contribution in [-0.4, -0.2) is 36.7 Å². The lowest BCUT2D eigenvalue weighted by atomic mass is 10.0. The lowest BCUT2D eigenvalue weighted by molar-refractivity contribution is -0.384. The molecule has 0 saturated heterocycles. The van der Waals surface area contributed by atoms with E-state index in [0.29, 0.717) is 12.3 Å². The summed E-state index contributed by atoms with van der Waals surface area (Å²) >= 11 is 0. The summed E-state index contributed by atoms with van der Waals surface area (Å²) < 4.78 is 10.3. The highest BCUT2D eigenvalue weighted by atomic mass is 16.6. The van der Waals surface area contributed by atoms with Gasteiger partial charge >= 0.3 is 5.97 Å². The zero-order chi connectivity index (χ0) is 15.9. The standard InChI is InChI=1S/C14H20N2O5/c1-4-9-15-14(2,13(17)20-3)10-21-12-7-5-11(6-8-12)16(18)19/h5-8,15H,4,9-10H2,1-3H3. The second-order valence-corrected chi connectivity index (χ2v) is 4.79. The maximum Gasteiger partial charge on any atom is 0.329 e. The van der Waals surface area contributed by atoms with Crippen LogP contribution in [0.15, 0.2) is 24.3 Å². The summed E-state index contributed by atoms with van der Waals surface area (Å²) in [6.07, 6.45) is 0.865. The van der Waals surface area contributed by atoms with Crippen molar-refractivity contribution in [3.63, 3.8) is 0 Å². The first-order chi connectivity index (χ1) is 9.92. The van der Waals surface area contributed by atoms with Crippen molar-refractivity contribution in [3.05, 3.63) is 34.4 Å². The number of methoxy groups -OCH3 is 1. The normalized spacial score (nSPS) is 13.3. The molecule has 1 atom stereocenters. The summed E-state index contributed by atoms with van der Waals surface area (Å²) in [6.45, 7) is 4.40. The topological polar surface area (TPSA) is 90.7 Å². The monoisotopic (exact) mass is 296 g/mol. The van der Waals surface area contributed by atoms with E-state index in [1.54, 1.807) is 6.92 Å². The second kappa shape index (κ2) is 7.58. The molecule has 21 heavy (non-hydrogen) atoms. The number of carbonyl (C=O) groups excluding carboxylic acids is 1. The maximum absolute atomic E-state index is 11.9. The Morgan fingerprint density at radius 3 is 2.48 bits per heavy atom. The first-order valence-corrected chi connectivity index (χ1v) is 6.63. The molecule has 0 spiro atoms. The van der Waals surface area contributed by atoms with Gasteiger partial charge in [-0.3, -0.25) is 15.4 Å². The van der Waals surface area contributed by atoms with Gasteiger partial charge in [0.25, 0.3) is 5.69 Å². The number of nitrogens with zero attached hydrogens (tertiary/aromatic N) is 1. The van der Waals surface area contributed by atoms with Gasteiger partial charge in [0, 0.05) is 12.1 Å². The van der Waals surface area contributed by atoms with Crippen molar-refractivity contribution in [3.8, 4) is 5.75 Å². The predicted molar refractivity (Wildman–Crippen MR) is 77.3 cm³/mol. The van der Waals surface area contributed by atoms with Crippen LogP contribution in [0.5, 0.6) is 5.75 Å². The van der Waals surface area contributed by atoms with Crippen molar-refractivity contribution in [2.75, 3.05) is 20.3 Å². The summed E-state index contributed by atoms with van der Waals surface area (Å²) in [5.41, 5.74) is -0.978. The summed E-state index contributed by atoms with van der Waals surface area (Å²) in [5.74, 6) is 0.0342. The fourth-order valence-corrected chi connectivity index (χ4v) is 1.70. The summed E-state index contributed by atoms with van der Waals surface area (Å²) in [7, 11) is 1.32. The fourth-order valence-electron chi connectivity index (χ4n) is 1.70. The number of hydrogen-bond acceptors (Lipinski definition) is 6. The van der Waals surface area contributed by atoms with Crippen LogP contribution < -0.4 is 10.1 Å². The minimum Gasteiger partial charge on any atom is -0.491 e. The predicted octanol–water partition coefficient (Wildman–Crippen LogP) is 1.90. The van der Waals surface area contributed by atoms with Crippen LogP contribution in [0.25, 0.3) is 0 Å². The Bertz CT molecular complexity index is 489. The zero-order valence-corrected chi connectivity index (χ0v) is 12.4. The number of carbonyl (C=O) groups is 1. The molecule has 0 aliphatic rings. The minimum absolute atomic E-state index is 0.0119. The molecule has 1 aromatic rings. The molecule has 0 bridgehead atoms. The van der Waals surface area contributed by atoms with Gasteiger partial charge in [0.2, 0.25) is 0 Å². The SMILES string of the molecule is CCCNC(C)(COc1ccc([N+](=O)[O-])cc1)C(=O)OC.